The fraction of sp³-hybridized carbons (Fsp3) is 0.444. The van der Waals surface area contributed by atoms with Crippen LogP contribution in [0.3, 0.4) is 0 Å². The van der Waals surface area contributed by atoms with Gasteiger partial charge in [-0.25, -0.2) is 4.79 Å². The second-order valence-corrected chi connectivity index (χ2v) is 8.39. The highest BCUT2D eigenvalue weighted by Gasteiger charge is 2.17. The molecule has 0 saturated carbocycles. The topological polar surface area (TPSA) is 71.4 Å². The average Bonchev–Trinajstić information content (AvgIpc) is 2.69. The monoisotopic (exact) mass is 424 g/mol. The Labute approximate surface area is 186 Å². The molecule has 1 N–H and O–H groups in total. The fourth-order valence-corrected chi connectivity index (χ4v) is 3.25. The summed E-state index contributed by atoms with van der Waals surface area (Å²) < 4.78 is 0. The number of carboxylic acids is 1. The SMILES string of the molecule is CC1=CC(=O)C=C(C/C=C(\C)CC/C=C(\C)CC/C=C(\C)CC/C=C(\C)C(=O)O)C1=O. The van der Waals surface area contributed by atoms with Crippen molar-refractivity contribution in [3.63, 3.8) is 0 Å². The Balaban J connectivity index is 2.36. The van der Waals surface area contributed by atoms with Crippen LogP contribution in [0.5, 0.6) is 0 Å². The second kappa shape index (κ2) is 13.5. The van der Waals surface area contributed by atoms with E-state index in [-0.39, 0.29) is 11.6 Å². The zero-order chi connectivity index (χ0) is 23.4. The van der Waals surface area contributed by atoms with Crippen molar-refractivity contribution >= 4 is 17.5 Å². The summed E-state index contributed by atoms with van der Waals surface area (Å²) in [6.45, 7) is 9.61. The minimum Gasteiger partial charge on any atom is -0.478 e. The number of carboxylic acid groups (broad SMARTS) is 1. The van der Waals surface area contributed by atoms with Gasteiger partial charge in [0, 0.05) is 16.7 Å². The maximum atomic E-state index is 12.1. The summed E-state index contributed by atoms with van der Waals surface area (Å²) >= 11 is 0. The molecule has 0 fully saturated rings. The van der Waals surface area contributed by atoms with Crippen molar-refractivity contribution in [1.82, 2.24) is 0 Å². The van der Waals surface area contributed by atoms with E-state index < -0.39 is 5.97 Å². The van der Waals surface area contributed by atoms with Crippen molar-refractivity contribution in [2.45, 2.75) is 79.6 Å². The highest BCUT2D eigenvalue weighted by molar-refractivity contribution is 6.20. The summed E-state index contributed by atoms with van der Waals surface area (Å²) in [6.07, 6.45) is 17.2. The summed E-state index contributed by atoms with van der Waals surface area (Å²) in [7, 11) is 0. The lowest BCUT2D eigenvalue weighted by atomic mass is 9.94. The molecule has 0 aromatic carbocycles. The summed E-state index contributed by atoms with van der Waals surface area (Å²) in [4.78, 5) is 34.5. The molecule has 0 saturated heterocycles. The van der Waals surface area contributed by atoms with E-state index in [1.54, 1.807) is 19.9 Å². The smallest absolute Gasteiger partial charge is 0.330 e. The Hall–Kier alpha value is -2.75. The van der Waals surface area contributed by atoms with Crippen molar-refractivity contribution in [2.24, 2.45) is 0 Å². The highest BCUT2D eigenvalue weighted by Crippen LogP contribution is 2.18. The number of aliphatic carboxylic acids is 1. The van der Waals surface area contributed by atoms with Gasteiger partial charge >= 0.3 is 5.97 Å². The quantitative estimate of drug-likeness (QED) is 0.217. The first-order valence-corrected chi connectivity index (χ1v) is 10.9. The Kier molecular flexibility index (Phi) is 11.5. The lowest BCUT2D eigenvalue weighted by molar-refractivity contribution is -0.132. The van der Waals surface area contributed by atoms with Crippen LogP contribution in [0, 0.1) is 0 Å². The van der Waals surface area contributed by atoms with Crippen molar-refractivity contribution < 1.29 is 19.5 Å². The molecule has 0 radical (unpaired) electrons. The highest BCUT2D eigenvalue weighted by atomic mass is 16.4. The zero-order valence-corrected chi connectivity index (χ0v) is 19.6. The van der Waals surface area contributed by atoms with Gasteiger partial charge in [-0.1, -0.05) is 41.0 Å². The van der Waals surface area contributed by atoms with E-state index in [0.29, 0.717) is 23.1 Å². The van der Waals surface area contributed by atoms with Gasteiger partial charge in [0.05, 0.1) is 0 Å². The Morgan fingerprint density at radius 2 is 1.29 bits per heavy atom. The number of rotatable bonds is 12. The second-order valence-electron chi connectivity index (χ2n) is 8.39. The van der Waals surface area contributed by atoms with Crippen molar-refractivity contribution in [2.75, 3.05) is 0 Å². The molecule has 0 aromatic heterocycles. The number of allylic oxidation sites excluding steroid dienone is 11. The standard InChI is InChI=1S/C27H36O4/c1-19(9-6-10-20(2)13-8-14-22(4)27(30)31)11-7-12-21(3)15-16-24-18-25(28)17-23(5)26(24)29/h10-11,14-15,17-18H,6-9,12-13,16H2,1-5H3,(H,30,31)/b19-11+,20-10+,21-15+,22-14+. The van der Waals surface area contributed by atoms with E-state index in [9.17, 15) is 14.4 Å². The third-order valence-corrected chi connectivity index (χ3v) is 5.38. The molecule has 0 amide bonds. The third-order valence-electron chi connectivity index (χ3n) is 5.38. The molecule has 0 atom stereocenters. The van der Waals surface area contributed by atoms with Gasteiger partial charge in [0.1, 0.15) is 0 Å². The van der Waals surface area contributed by atoms with Crippen LogP contribution in [-0.2, 0) is 14.4 Å². The molecule has 1 aliphatic carbocycles. The van der Waals surface area contributed by atoms with E-state index in [1.807, 2.05) is 6.08 Å². The van der Waals surface area contributed by atoms with Crippen molar-refractivity contribution in [3.05, 3.63) is 69.9 Å². The third kappa shape index (κ3) is 10.7. The largest absolute Gasteiger partial charge is 0.478 e. The minimum absolute atomic E-state index is 0.0317. The Morgan fingerprint density at radius 1 is 0.806 bits per heavy atom. The van der Waals surface area contributed by atoms with Gasteiger partial charge in [0.15, 0.2) is 11.6 Å². The van der Waals surface area contributed by atoms with Crippen LogP contribution in [0.1, 0.15) is 79.6 Å². The fourth-order valence-electron chi connectivity index (χ4n) is 3.25. The maximum absolute atomic E-state index is 12.1. The zero-order valence-electron chi connectivity index (χ0n) is 19.6. The van der Waals surface area contributed by atoms with E-state index in [1.165, 1.54) is 28.9 Å². The Morgan fingerprint density at radius 3 is 1.81 bits per heavy atom. The van der Waals surface area contributed by atoms with Crippen LogP contribution in [0.15, 0.2) is 69.9 Å². The van der Waals surface area contributed by atoms with Crippen LogP contribution in [0.25, 0.3) is 0 Å². The van der Waals surface area contributed by atoms with Gasteiger partial charge in [-0.3, -0.25) is 9.59 Å². The predicted octanol–water partition coefficient (Wildman–Crippen LogP) is 6.61. The van der Waals surface area contributed by atoms with Gasteiger partial charge < -0.3 is 5.11 Å². The molecular weight excluding hydrogens is 388 g/mol. The van der Waals surface area contributed by atoms with Gasteiger partial charge in [-0.2, -0.15) is 0 Å². The molecule has 168 valence electrons. The molecule has 4 nitrogen and oxygen atoms in total. The van der Waals surface area contributed by atoms with Crippen LogP contribution < -0.4 is 0 Å². The maximum Gasteiger partial charge on any atom is 0.330 e. The van der Waals surface area contributed by atoms with Crippen LogP contribution >= 0.6 is 0 Å². The first kappa shape index (κ1) is 26.3. The van der Waals surface area contributed by atoms with Crippen molar-refractivity contribution in [1.29, 1.82) is 0 Å². The molecule has 0 spiro atoms. The number of Topliss-reactive ketones (excluding diaryl/α,β-unsaturated/α-hetero) is 1. The van der Waals surface area contributed by atoms with Crippen molar-refractivity contribution in [3.8, 4) is 0 Å². The van der Waals surface area contributed by atoms with E-state index in [2.05, 4.69) is 32.9 Å². The average molecular weight is 425 g/mol. The van der Waals surface area contributed by atoms with Crippen LogP contribution in [0.2, 0.25) is 0 Å². The summed E-state index contributed by atoms with van der Waals surface area (Å²) in [6, 6.07) is 0. The molecule has 4 heteroatoms. The normalized spacial score (nSPS) is 16.4. The predicted molar refractivity (Wildman–Crippen MR) is 127 cm³/mol. The first-order valence-electron chi connectivity index (χ1n) is 10.9. The first-order chi connectivity index (χ1) is 14.6. The summed E-state index contributed by atoms with van der Waals surface area (Å²) in [5.74, 6) is -0.988. The summed E-state index contributed by atoms with van der Waals surface area (Å²) in [5.41, 5.74) is 5.36. The molecule has 0 heterocycles. The molecule has 31 heavy (non-hydrogen) atoms. The van der Waals surface area contributed by atoms with Gasteiger partial charge in [0.2, 0.25) is 0 Å². The minimum atomic E-state index is -0.852. The number of hydrogen-bond donors (Lipinski definition) is 1. The summed E-state index contributed by atoms with van der Waals surface area (Å²) in [5, 5.41) is 8.85. The molecule has 0 aromatic rings. The van der Waals surface area contributed by atoms with E-state index >= 15 is 0 Å². The number of ketones is 2. The number of carbonyl (C=O) groups excluding carboxylic acids is 2. The Bertz CT molecular complexity index is 873. The van der Waals surface area contributed by atoms with Gasteiger partial charge in [0.25, 0.3) is 0 Å². The lowest BCUT2D eigenvalue weighted by Crippen LogP contribution is -2.12. The molecule has 0 aliphatic heterocycles. The van der Waals surface area contributed by atoms with E-state index in [4.69, 9.17) is 5.11 Å². The molecule has 1 rings (SSSR count). The molecule has 0 unspecified atom stereocenters. The van der Waals surface area contributed by atoms with Crippen LogP contribution in [-0.4, -0.2) is 22.6 Å². The number of hydrogen-bond acceptors (Lipinski definition) is 3. The molecule has 0 bridgehead atoms. The molecule has 1 aliphatic rings. The van der Waals surface area contributed by atoms with Gasteiger partial charge in [-0.15, -0.1) is 0 Å². The number of carbonyl (C=O) groups is 3. The lowest BCUT2D eigenvalue weighted by Gasteiger charge is -2.09. The van der Waals surface area contributed by atoms with Gasteiger partial charge in [-0.05, 0) is 91.7 Å². The molecular formula is C27H36O4. The van der Waals surface area contributed by atoms with E-state index in [0.717, 1.165) is 38.5 Å². The van der Waals surface area contributed by atoms with Crippen LogP contribution in [0.4, 0.5) is 0 Å².